The molecule has 1 N–H and O–H groups in total. The summed E-state index contributed by atoms with van der Waals surface area (Å²) in [6.45, 7) is 1.09. The number of ether oxygens (including phenoxy) is 1. The second-order valence-corrected chi connectivity index (χ2v) is 6.86. The Bertz CT molecular complexity index is 951. The lowest BCUT2D eigenvalue weighted by Gasteiger charge is -2.12. The molecule has 0 spiro atoms. The molecule has 0 fully saturated rings. The zero-order valence-corrected chi connectivity index (χ0v) is 16.7. The van der Waals surface area contributed by atoms with Gasteiger partial charge in [0.25, 0.3) is 5.91 Å². The van der Waals surface area contributed by atoms with Crippen LogP contribution in [0.5, 0.6) is 0 Å². The summed E-state index contributed by atoms with van der Waals surface area (Å²) >= 11 is 0. The highest BCUT2D eigenvalue weighted by molar-refractivity contribution is 5.95. The Morgan fingerprint density at radius 1 is 0.931 bits per heavy atom. The van der Waals surface area contributed by atoms with Gasteiger partial charge in [-0.3, -0.25) is 4.79 Å². The molecule has 0 aliphatic heterocycles. The van der Waals surface area contributed by atoms with Crippen LogP contribution in [0.2, 0.25) is 0 Å². The van der Waals surface area contributed by atoms with Gasteiger partial charge in [0.1, 0.15) is 0 Å². The van der Waals surface area contributed by atoms with Crippen LogP contribution >= 0.6 is 0 Å². The SMILES string of the molecule is CN(C)c1ccc(C(=O)N/N=C/c2cccc(COCc3ccccc3)c2)cc1. The molecule has 0 heterocycles. The lowest BCUT2D eigenvalue weighted by atomic mass is 10.1. The first-order valence-electron chi connectivity index (χ1n) is 9.43. The minimum Gasteiger partial charge on any atom is -0.378 e. The smallest absolute Gasteiger partial charge is 0.271 e. The Morgan fingerprint density at radius 2 is 1.62 bits per heavy atom. The maximum absolute atomic E-state index is 12.2. The summed E-state index contributed by atoms with van der Waals surface area (Å²) < 4.78 is 5.77. The number of amides is 1. The van der Waals surface area contributed by atoms with Crippen LogP contribution in [-0.4, -0.2) is 26.2 Å². The minimum atomic E-state index is -0.242. The van der Waals surface area contributed by atoms with Crippen LogP contribution in [0.15, 0.2) is 84.0 Å². The van der Waals surface area contributed by atoms with Crippen LogP contribution in [0.25, 0.3) is 0 Å². The Balaban J connectivity index is 1.51. The molecule has 3 aromatic rings. The third-order valence-corrected chi connectivity index (χ3v) is 4.36. The summed E-state index contributed by atoms with van der Waals surface area (Å²) in [5.41, 5.74) is 7.26. The van der Waals surface area contributed by atoms with Crippen molar-refractivity contribution < 1.29 is 9.53 Å². The number of hydrogen-bond donors (Lipinski definition) is 1. The molecule has 0 radical (unpaired) electrons. The van der Waals surface area contributed by atoms with E-state index in [1.165, 1.54) is 0 Å². The average molecular weight is 387 g/mol. The molecule has 0 aromatic heterocycles. The Morgan fingerprint density at radius 3 is 2.34 bits per heavy atom. The Labute approximate surface area is 171 Å². The number of nitrogens with one attached hydrogen (secondary N) is 1. The Kier molecular flexibility index (Phi) is 7.14. The number of hydrogen-bond acceptors (Lipinski definition) is 4. The number of carbonyl (C=O) groups excluding carboxylic acids is 1. The molecule has 5 heteroatoms. The van der Waals surface area contributed by atoms with Crippen molar-refractivity contribution in [3.8, 4) is 0 Å². The van der Waals surface area contributed by atoms with Crippen LogP contribution in [0.1, 0.15) is 27.0 Å². The van der Waals surface area contributed by atoms with Crippen LogP contribution in [0, 0.1) is 0 Å². The van der Waals surface area contributed by atoms with E-state index in [0.717, 1.165) is 22.4 Å². The third-order valence-electron chi connectivity index (χ3n) is 4.36. The van der Waals surface area contributed by atoms with Gasteiger partial charge in [-0.25, -0.2) is 5.43 Å². The lowest BCUT2D eigenvalue weighted by Crippen LogP contribution is -2.18. The standard InChI is InChI=1S/C24H25N3O2/c1-27(2)23-13-11-22(12-14-23)24(28)26-25-16-20-9-6-10-21(15-20)18-29-17-19-7-4-3-5-8-19/h3-16H,17-18H2,1-2H3,(H,26,28)/b25-16+. The van der Waals surface area contributed by atoms with E-state index in [-0.39, 0.29) is 5.91 Å². The van der Waals surface area contributed by atoms with Crippen molar-refractivity contribution in [1.82, 2.24) is 5.43 Å². The fraction of sp³-hybridized carbons (Fsp3) is 0.167. The number of hydrazone groups is 1. The third kappa shape index (κ3) is 6.30. The van der Waals surface area contributed by atoms with E-state index >= 15 is 0 Å². The maximum atomic E-state index is 12.2. The maximum Gasteiger partial charge on any atom is 0.271 e. The molecule has 5 nitrogen and oxygen atoms in total. The molecule has 0 saturated carbocycles. The zero-order chi connectivity index (χ0) is 20.5. The molecule has 0 saturated heterocycles. The van der Waals surface area contributed by atoms with Crippen molar-refractivity contribution in [1.29, 1.82) is 0 Å². The second-order valence-electron chi connectivity index (χ2n) is 6.86. The molecule has 0 aliphatic carbocycles. The van der Waals surface area contributed by atoms with E-state index in [0.29, 0.717) is 18.8 Å². The largest absolute Gasteiger partial charge is 0.378 e. The topological polar surface area (TPSA) is 53.9 Å². The molecular formula is C24H25N3O2. The molecule has 3 rings (SSSR count). The lowest BCUT2D eigenvalue weighted by molar-refractivity contribution is 0.0955. The van der Waals surface area contributed by atoms with E-state index in [9.17, 15) is 4.79 Å². The second kappa shape index (κ2) is 10.2. The number of anilines is 1. The van der Waals surface area contributed by atoms with E-state index < -0.39 is 0 Å². The predicted molar refractivity (Wildman–Crippen MR) is 117 cm³/mol. The van der Waals surface area contributed by atoms with Crippen molar-refractivity contribution in [3.63, 3.8) is 0 Å². The summed E-state index contributed by atoms with van der Waals surface area (Å²) in [6.07, 6.45) is 1.63. The summed E-state index contributed by atoms with van der Waals surface area (Å²) in [6, 6.07) is 25.3. The van der Waals surface area contributed by atoms with Crippen LogP contribution in [0.4, 0.5) is 5.69 Å². The van der Waals surface area contributed by atoms with Crippen LogP contribution in [-0.2, 0) is 18.0 Å². The molecule has 0 atom stereocenters. The molecule has 148 valence electrons. The first-order valence-corrected chi connectivity index (χ1v) is 9.43. The van der Waals surface area contributed by atoms with Gasteiger partial charge < -0.3 is 9.64 Å². The summed E-state index contributed by atoms with van der Waals surface area (Å²) in [4.78, 5) is 14.2. The fourth-order valence-electron chi connectivity index (χ4n) is 2.77. The zero-order valence-electron chi connectivity index (χ0n) is 16.7. The van der Waals surface area contributed by atoms with Gasteiger partial charge in [-0.05, 0) is 47.0 Å². The summed E-state index contributed by atoms with van der Waals surface area (Å²) in [5.74, 6) is -0.242. The highest BCUT2D eigenvalue weighted by Crippen LogP contribution is 2.12. The normalized spacial score (nSPS) is 10.8. The molecule has 1 amide bonds. The van der Waals surface area contributed by atoms with E-state index in [4.69, 9.17) is 4.74 Å². The van der Waals surface area contributed by atoms with E-state index in [2.05, 4.69) is 10.5 Å². The van der Waals surface area contributed by atoms with Gasteiger partial charge in [0.2, 0.25) is 0 Å². The molecule has 0 aliphatic rings. The highest BCUT2D eigenvalue weighted by atomic mass is 16.5. The van der Waals surface area contributed by atoms with Crippen LogP contribution in [0.3, 0.4) is 0 Å². The molecule has 29 heavy (non-hydrogen) atoms. The number of carbonyl (C=O) groups is 1. The van der Waals surface area contributed by atoms with Crippen molar-refractivity contribution >= 4 is 17.8 Å². The first-order chi connectivity index (χ1) is 14.1. The van der Waals surface area contributed by atoms with Gasteiger partial charge in [-0.15, -0.1) is 0 Å². The average Bonchev–Trinajstić information content (AvgIpc) is 2.75. The molecule has 3 aromatic carbocycles. The van der Waals surface area contributed by atoms with Gasteiger partial charge in [-0.2, -0.15) is 5.10 Å². The van der Waals surface area contributed by atoms with Crippen molar-refractivity contribution in [2.45, 2.75) is 13.2 Å². The summed E-state index contributed by atoms with van der Waals surface area (Å²) in [7, 11) is 3.92. The summed E-state index contributed by atoms with van der Waals surface area (Å²) in [5, 5.41) is 4.07. The van der Waals surface area contributed by atoms with Gasteiger partial charge in [0.15, 0.2) is 0 Å². The van der Waals surface area contributed by atoms with Gasteiger partial charge in [0.05, 0.1) is 19.4 Å². The fourth-order valence-corrected chi connectivity index (χ4v) is 2.77. The van der Waals surface area contributed by atoms with E-state index in [1.54, 1.807) is 18.3 Å². The van der Waals surface area contributed by atoms with Crippen molar-refractivity contribution in [3.05, 3.63) is 101 Å². The van der Waals surface area contributed by atoms with Gasteiger partial charge >= 0.3 is 0 Å². The van der Waals surface area contributed by atoms with Crippen LogP contribution < -0.4 is 10.3 Å². The number of nitrogens with zero attached hydrogens (tertiary/aromatic N) is 2. The predicted octanol–water partition coefficient (Wildman–Crippen LogP) is 4.23. The quantitative estimate of drug-likeness (QED) is 0.465. The van der Waals surface area contributed by atoms with E-state index in [1.807, 2.05) is 85.7 Å². The Hall–Kier alpha value is -3.44. The molecule has 0 unspecified atom stereocenters. The monoisotopic (exact) mass is 387 g/mol. The van der Waals surface area contributed by atoms with Crippen molar-refractivity contribution in [2.75, 3.05) is 19.0 Å². The minimum absolute atomic E-state index is 0.242. The number of benzene rings is 3. The molecular weight excluding hydrogens is 362 g/mol. The van der Waals surface area contributed by atoms with Gasteiger partial charge in [-0.1, -0.05) is 48.5 Å². The highest BCUT2D eigenvalue weighted by Gasteiger charge is 2.04. The van der Waals surface area contributed by atoms with Gasteiger partial charge in [0, 0.05) is 25.3 Å². The molecule has 0 bridgehead atoms. The first kappa shape index (κ1) is 20.3. The number of rotatable bonds is 8. The van der Waals surface area contributed by atoms with Crippen molar-refractivity contribution in [2.24, 2.45) is 5.10 Å².